The third-order valence-corrected chi connectivity index (χ3v) is 6.49. The Morgan fingerprint density at radius 2 is 1.69 bits per heavy atom. The molecule has 2 amide bonds. The minimum Gasteiger partial charge on any atom is -0.326 e. The Hall–Kier alpha value is -3.54. The van der Waals surface area contributed by atoms with Crippen LogP contribution in [0.1, 0.15) is 0 Å². The average Bonchev–Trinajstić information content (AvgIpc) is 3.55. The molecule has 3 atom stereocenters. The van der Waals surface area contributed by atoms with Crippen molar-refractivity contribution in [3.05, 3.63) is 88.1 Å². The Labute approximate surface area is 211 Å². The zero-order valence-electron chi connectivity index (χ0n) is 18.9. The van der Waals surface area contributed by atoms with Gasteiger partial charge in [0.1, 0.15) is 5.82 Å². The van der Waals surface area contributed by atoms with E-state index in [9.17, 15) is 27.2 Å². The maximum Gasteiger partial charge on any atom is 0.264 e. The lowest BCUT2D eigenvalue weighted by atomic mass is 10.2. The van der Waals surface area contributed by atoms with Gasteiger partial charge in [-0.15, -0.1) is 0 Å². The Morgan fingerprint density at radius 3 is 2.31 bits per heavy atom. The zero-order valence-corrected chi connectivity index (χ0v) is 20.4. The quantitative estimate of drug-likeness (QED) is 0.429. The Morgan fingerprint density at radius 1 is 1.03 bits per heavy atom. The van der Waals surface area contributed by atoms with Crippen LogP contribution in [-0.2, 0) is 23.9 Å². The molecule has 12 heteroatoms. The number of nitrogens with one attached hydrogen (secondary N) is 2. The van der Waals surface area contributed by atoms with E-state index in [1.807, 2.05) is 0 Å². The largest absolute Gasteiger partial charge is 0.326 e. The number of amides is 2. The van der Waals surface area contributed by atoms with Crippen molar-refractivity contribution < 1.29 is 26.6 Å². The summed E-state index contributed by atoms with van der Waals surface area (Å²) in [6.45, 7) is -0.381. The molecule has 4 rings (SSSR count). The first kappa shape index (κ1) is 25.5. The molecule has 0 spiro atoms. The molecule has 1 saturated carbocycles. The van der Waals surface area contributed by atoms with Gasteiger partial charge in [-0.05, 0) is 42.5 Å². The molecule has 1 heterocycles. The number of halogens is 2. The van der Waals surface area contributed by atoms with E-state index in [0.717, 1.165) is 12.3 Å². The van der Waals surface area contributed by atoms with Gasteiger partial charge in [-0.2, -0.15) is 8.42 Å². The Balaban J connectivity index is 1.50. The van der Waals surface area contributed by atoms with E-state index in [1.165, 1.54) is 29.0 Å². The van der Waals surface area contributed by atoms with E-state index < -0.39 is 45.5 Å². The molecule has 1 aliphatic rings. The summed E-state index contributed by atoms with van der Waals surface area (Å²) in [6, 6.07) is 14.7. The number of carbonyl (C=O) groups is 2. The van der Waals surface area contributed by atoms with Crippen molar-refractivity contribution in [2.45, 2.75) is 0 Å². The molecule has 0 bridgehead atoms. The number of nitrogens with zero attached hydrogens (tertiary/aromatic N) is 1. The molecule has 1 aliphatic carbocycles. The molecule has 0 aliphatic heterocycles. The number of hydrogen-bond acceptors (Lipinski definition) is 6. The molecule has 36 heavy (non-hydrogen) atoms. The van der Waals surface area contributed by atoms with Gasteiger partial charge in [0.05, 0.1) is 36.1 Å². The van der Waals surface area contributed by atoms with Crippen molar-refractivity contribution in [1.29, 1.82) is 0 Å². The van der Waals surface area contributed by atoms with Crippen LogP contribution in [0.2, 0.25) is 5.02 Å². The second kappa shape index (κ2) is 10.2. The molecule has 1 fully saturated rings. The van der Waals surface area contributed by atoms with Gasteiger partial charge in [0.15, 0.2) is 0 Å². The van der Waals surface area contributed by atoms with Crippen molar-refractivity contribution >= 4 is 44.9 Å². The minimum atomic E-state index is -3.81. The van der Waals surface area contributed by atoms with Crippen LogP contribution in [0.25, 0.3) is 5.69 Å². The lowest BCUT2D eigenvalue weighted by Crippen LogP contribution is -2.21. The smallest absolute Gasteiger partial charge is 0.264 e. The molecule has 0 radical (unpaired) electrons. The summed E-state index contributed by atoms with van der Waals surface area (Å²) in [5.74, 6) is -4.56. The third kappa shape index (κ3) is 5.99. The maximum absolute atomic E-state index is 14.8. The summed E-state index contributed by atoms with van der Waals surface area (Å²) in [7, 11) is -3.81. The molecule has 1 aromatic heterocycles. The molecule has 2 N–H and O–H groups in total. The van der Waals surface area contributed by atoms with E-state index in [2.05, 4.69) is 10.6 Å². The Kier molecular flexibility index (Phi) is 7.25. The van der Waals surface area contributed by atoms with Crippen molar-refractivity contribution in [3.63, 3.8) is 0 Å². The van der Waals surface area contributed by atoms with Gasteiger partial charge in [-0.3, -0.25) is 23.1 Å². The van der Waals surface area contributed by atoms with Gasteiger partial charge in [0.25, 0.3) is 15.7 Å². The second-order valence-electron chi connectivity index (χ2n) is 8.26. The highest BCUT2D eigenvalue weighted by atomic mass is 35.5. The van der Waals surface area contributed by atoms with Gasteiger partial charge < -0.3 is 10.6 Å². The molecule has 188 valence electrons. The van der Waals surface area contributed by atoms with Crippen molar-refractivity contribution in [3.8, 4) is 5.69 Å². The standard InChI is InChI=1S/C24H21ClFN3O6S/c1-36(33,34)35-13-17-21(23(31)27-15-7-5-14(25)6-8-15)22(17)24(32)28-19-10-9-16(12-18(19)26)29-11-3-2-4-20(29)30/h2-12,17,21-22H,13H2,1H3,(H,27,31)(H,28,32)/t17-,21-,22+/m0/s1. The number of aromatic nitrogens is 1. The van der Waals surface area contributed by atoms with E-state index in [4.69, 9.17) is 15.8 Å². The van der Waals surface area contributed by atoms with Crippen molar-refractivity contribution in [1.82, 2.24) is 4.57 Å². The normalized spacial score (nSPS) is 18.9. The molecule has 3 aromatic rings. The summed E-state index contributed by atoms with van der Waals surface area (Å²) >= 11 is 5.85. The van der Waals surface area contributed by atoms with Crippen LogP contribution in [0.5, 0.6) is 0 Å². The monoisotopic (exact) mass is 533 g/mol. The van der Waals surface area contributed by atoms with Crippen LogP contribution in [0.15, 0.2) is 71.7 Å². The first-order valence-electron chi connectivity index (χ1n) is 10.7. The second-order valence-corrected chi connectivity index (χ2v) is 10.3. The summed E-state index contributed by atoms with van der Waals surface area (Å²) in [5, 5.41) is 5.58. The van der Waals surface area contributed by atoms with Crippen molar-refractivity contribution in [2.75, 3.05) is 23.5 Å². The van der Waals surface area contributed by atoms with Gasteiger partial charge in [0, 0.05) is 35.0 Å². The summed E-state index contributed by atoms with van der Waals surface area (Å²) in [4.78, 5) is 37.8. The molecule has 0 unspecified atom stereocenters. The highest BCUT2D eigenvalue weighted by molar-refractivity contribution is 7.85. The first-order chi connectivity index (χ1) is 17.0. The highest BCUT2D eigenvalue weighted by Crippen LogP contribution is 2.48. The SMILES string of the molecule is CS(=O)(=O)OC[C@@H]1[C@@H](C(=O)Nc2ccc(-n3ccccc3=O)cc2F)[C@H]1C(=O)Nc1ccc(Cl)cc1. The molecule has 0 saturated heterocycles. The van der Waals surface area contributed by atoms with E-state index in [1.54, 1.807) is 36.4 Å². The van der Waals surface area contributed by atoms with E-state index >= 15 is 0 Å². The lowest BCUT2D eigenvalue weighted by Gasteiger charge is -2.10. The molecular weight excluding hydrogens is 513 g/mol. The average molecular weight is 534 g/mol. The minimum absolute atomic E-state index is 0.153. The van der Waals surface area contributed by atoms with Gasteiger partial charge >= 0.3 is 0 Å². The predicted molar refractivity (Wildman–Crippen MR) is 132 cm³/mol. The predicted octanol–water partition coefficient (Wildman–Crippen LogP) is 3.05. The topological polar surface area (TPSA) is 124 Å². The van der Waals surface area contributed by atoms with Crippen LogP contribution < -0.4 is 16.2 Å². The van der Waals surface area contributed by atoms with Crippen molar-refractivity contribution in [2.24, 2.45) is 17.8 Å². The van der Waals surface area contributed by atoms with Crippen LogP contribution in [0.4, 0.5) is 15.8 Å². The number of hydrogen-bond donors (Lipinski definition) is 2. The van der Waals surface area contributed by atoms with Gasteiger partial charge in [-0.25, -0.2) is 4.39 Å². The zero-order chi connectivity index (χ0) is 26.0. The van der Waals surface area contributed by atoms with E-state index in [-0.39, 0.29) is 23.5 Å². The van der Waals surface area contributed by atoms with Crippen LogP contribution in [0.3, 0.4) is 0 Å². The van der Waals surface area contributed by atoms with Crippen LogP contribution in [0, 0.1) is 23.6 Å². The summed E-state index contributed by atoms with van der Waals surface area (Å²) in [5.41, 5.74) is 0.201. The molecular formula is C24H21ClFN3O6S. The number of anilines is 2. The van der Waals surface area contributed by atoms with E-state index in [0.29, 0.717) is 10.7 Å². The fraction of sp³-hybridized carbons (Fsp3) is 0.208. The highest BCUT2D eigenvalue weighted by Gasteiger charge is 2.59. The lowest BCUT2D eigenvalue weighted by molar-refractivity contribution is -0.122. The fourth-order valence-corrected chi connectivity index (χ4v) is 4.40. The number of carbonyl (C=O) groups excluding carboxylic acids is 2. The maximum atomic E-state index is 14.8. The summed E-state index contributed by atoms with van der Waals surface area (Å²) in [6.07, 6.45) is 2.35. The number of benzene rings is 2. The van der Waals surface area contributed by atoms with Gasteiger partial charge in [0.2, 0.25) is 11.8 Å². The van der Waals surface area contributed by atoms with Crippen LogP contribution in [-0.4, -0.2) is 37.7 Å². The fourth-order valence-electron chi connectivity index (χ4n) is 3.87. The summed E-state index contributed by atoms with van der Waals surface area (Å²) < 4.78 is 43.7. The number of rotatable bonds is 8. The first-order valence-corrected chi connectivity index (χ1v) is 12.9. The third-order valence-electron chi connectivity index (χ3n) is 5.67. The Bertz CT molecular complexity index is 1480. The number of pyridine rings is 1. The van der Waals surface area contributed by atoms with Gasteiger partial charge in [-0.1, -0.05) is 17.7 Å². The van der Waals surface area contributed by atoms with Crippen LogP contribution >= 0.6 is 11.6 Å². The molecule has 9 nitrogen and oxygen atoms in total. The molecule has 2 aromatic carbocycles.